The Morgan fingerprint density at radius 1 is 1.37 bits per heavy atom. The van der Waals surface area contributed by atoms with Crippen LogP contribution in [-0.4, -0.2) is 38.9 Å². The summed E-state index contributed by atoms with van der Waals surface area (Å²) in [5, 5.41) is 13.5. The molecule has 1 atom stereocenters. The van der Waals surface area contributed by atoms with Crippen molar-refractivity contribution in [3.8, 4) is 0 Å². The zero-order chi connectivity index (χ0) is 18.8. The first-order valence-corrected chi connectivity index (χ1v) is 9.49. The lowest BCUT2D eigenvalue weighted by atomic mass is 9.89. The minimum absolute atomic E-state index is 0.199. The average molecular weight is 388 g/mol. The maximum absolute atomic E-state index is 6.03. The molecule has 1 unspecified atom stereocenters. The molecule has 7 nitrogen and oxygen atoms in total. The Morgan fingerprint density at radius 3 is 3.07 bits per heavy atom. The van der Waals surface area contributed by atoms with E-state index in [1.54, 1.807) is 7.11 Å². The first-order valence-electron chi connectivity index (χ1n) is 9.11. The second-order valence-electron chi connectivity index (χ2n) is 6.93. The number of nitrogens with zero attached hydrogens (tertiary/aromatic N) is 5. The zero-order valence-electron chi connectivity index (χ0n) is 15.5. The van der Waals surface area contributed by atoms with E-state index in [2.05, 4.69) is 20.5 Å². The number of rotatable bonds is 6. The van der Waals surface area contributed by atoms with Gasteiger partial charge in [0.25, 0.3) is 0 Å². The monoisotopic (exact) mass is 387 g/mol. The van der Waals surface area contributed by atoms with Gasteiger partial charge in [0, 0.05) is 30.9 Å². The van der Waals surface area contributed by atoms with Crippen molar-refractivity contribution in [3.63, 3.8) is 0 Å². The molecule has 2 heterocycles. The fourth-order valence-corrected chi connectivity index (χ4v) is 3.76. The Kier molecular flexibility index (Phi) is 5.22. The van der Waals surface area contributed by atoms with Crippen LogP contribution in [0.4, 0.5) is 0 Å². The summed E-state index contributed by atoms with van der Waals surface area (Å²) in [4.78, 5) is 4.66. The lowest BCUT2D eigenvalue weighted by molar-refractivity contribution is 0.181. The number of benzene rings is 1. The third kappa shape index (κ3) is 3.89. The van der Waals surface area contributed by atoms with Gasteiger partial charge >= 0.3 is 0 Å². The van der Waals surface area contributed by atoms with E-state index in [1.807, 2.05) is 29.8 Å². The topological polar surface area (TPSA) is 78.9 Å². The van der Waals surface area contributed by atoms with Crippen LogP contribution in [0.5, 0.6) is 0 Å². The summed E-state index contributed by atoms with van der Waals surface area (Å²) in [5.41, 5.74) is 4.50. The highest BCUT2D eigenvalue weighted by Gasteiger charge is 2.28. The summed E-state index contributed by atoms with van der Waals surface area (Å²) < 4.78 is 12.7. The van der Waals surface area contributed by atoms with Crippen molar-refractivity contribution >= 4 is 11.6 Å². The van der Waals surface area contributed by atoms with Crippen LogP contribution in [0.3, 0.4) is 0 Å². The van der Waals surface area contributed by atoms with Crippen molar-refractivity contribution in [2.75, 3.05) is 13.7 Å². The van der Waals surface area contributed by atoms with Crippen LogP contribution < -0.4 is 0 Å². The standard InChI is InChI=1S/C19H22ClN5O2/c1-12-9-15(20)5-3-13(12)11-18-21-19(27-23-18)14-4-6-16-17(10-14)25(24-22-16)7-8-26-2/h3,5,9,14H,4,6-8,10-11H2,1-2H3. The van der Waals surface area contributed by atoms with Gasteiger partial charge in [0.2, 0.25) is 5.89 Å². The second kappa shape index (κ2) is 7.78. The molecular weight excluding hydrogens is 366 g/mol. The molecule has 0 fully saturated rings. The quantitative estimate of drug-likeness (QED) is 0.646. The van der Waals surface area contributed by atoms with Gasteiger partial charge in [-0.15, -0.1) is 5.10 Å². The van der Waals surface area contributed by atoms with Crippen LogP contribution in [0.15, 0.2) is 22.7 Å². The highest BCUT2D eigenvalue weighted by atomic mass is 35.5. The summed E-state index contributed by atoms with van der Waals surface area (Å²) in [6.45, 7) is 3.36. The van der Waals surface area contributed by atoms with E-state index in [4.69, 9.17) is 20.9 Å². The number of hydrogen-bond acceptors (Lipinski definition) is 6. The van der Waals surface area contributed by atoms with E-state index in [9.17, 15) is 0 Å². The van der Waals surface area contributed by atoms with Gasteiger partial charge in [0.15, 0.2) is 5.82 Å². The molecule has 3 aromatic rings. The molecule has 1 aliphatic rings. The minimum atomic E-state index is 0.199. The Balaban J connectivity index is 1.48. The fraction of sp³-hybridized carbons (Fsp3) is 0.474. The molecule has 0 saturated carbocycles. The average Bonchev–Trinajstić information content (AvgIpc) is 3.29. The summed E-state index contributed by atoms with van der Waals surface area (Å²) in [6, 6.07) is 5.86. The number of aryl methyl sites for hydroxylation is 2. The van der Waals surface area contributed by atoms with Crippen molar-refractivity contribution in [1.29, 1.82) is 0 Å². The van der Waals surface area contributed by atoms with Gasteiger partial charge in [0.05, 0.1) is 24.5 Å². The third-order valence-electron chi connectivity index (χ3n) is 5.08. The van der Waals surface area contributed by atoms with Crippen LogP contribution >= 0.6 is 11.6 Å². The van der Waals surface area contributed by atoms with Gasteiger partial charge in [0.1, 0.15) is 0 Å². The maximum atomic E-state index is 6.03. The lowest BCUT2D eigenvalue weighted by Crippen LogP contribution is -2.18. The smallest absolute Gasteiger partial charge is 0.230 e. The van der Waals surface area contributed by atoms with E-state index >= 15 is 0 Å². The number of hydrogen-bond donors (Lipinski definition) is 0. The summed E-state index contributed by atoms with van der Waals surface area (Å²) >= 11 is 6.03. The molecule has 27 heavy (non-hydrogen) atoms. The molecular formula is C19H22ClN5O2. The highest BCUT2D eigenvalue weighted by Crippen LogP contribution is 2.31. The normalized spacial score (nSPS) is 16.5. The van der Waals surface area contributed by atoms with Gasteiger partial charge in [-0.05, 0) is 43.0 Å². The van der Waals surface area contributed by atoms with Gasteiger partial charge in [-0.25, -0.2) is 4.68 Å². The van der Waals surface area contributed by atoms with E-state index in [-0.39, 0.29) is 5.92 Å². The van der Waals surface area contributed by atoms with E-state index in [0.717, 1.165) is 46.8 Å². The van der Waals surface area contributed by atoms with E-state index < -0.39 is 0 Å². The Morgan fingerprint density at radius 2 is 2.26 bits per heavy atom. The molecule has 0 spiro atoms. The number of ether oxygens (including phenoxy) is 1. The van der Waals surface area contributed by atoms with Crippen molar-refractivity contribution in [3.05, 3.63) is 57.5 Å². The largest absolute Gasteiger partial charge is 0.383 e. The third-order valence-corrected chi connectivity index (χ3v) is 5.32. The van der Waals surface area contributed by atoms with Gasteiger partial charge < -0.3 is 9.26 Å². The van der Waals surface area contributed by atoms with Crippen LogP contribution in [-0.2, 0) is 30.5 Å². The molecule has 1 aromatic carbocycles. The van der Waals surface area contributed by atoms with E-state index in [0.29, 0.717) is 31.3 Å². The van der Waals surface area contributed by atoms with Gasteiger partial charge in [-0.3, -0.25) is 0 Å². The van der Waals surface area contributed by atoms with E-state index in [1.165, 1.54) is 0 Å². The molecule has 0 aliphatic heterocycles. The number of methoxy groups -OCH3 is 1. The molecule has 0 bridgehead atoms. The summed E-state index contributed by atoms with van der Waals surface area (Å²) in [7, 11) is 1.69. The lowest BCUT2D eigenvalue weighted by Gasteiger charge is -2.19. The Labute approximate surface area is 162 Å². The number of aromatic nitrogens is 5. The molecule has 1 aliphatic carbocycles. The van der Waals surface area contributed by atoms with Crippen LogP contribution in [0, 0.1) is 6.92 Å². The Hall–Kier alpha value is -2.25. The van der Waals surface area contributed by atoms with Crippen molar-refractivity contribution in [1.82, 2.24) is 25.1 Å². The van der Waals surface area contributed by atoms with Crippen molar-refractivity contribution < 1.29 is 9.26 Å². The van der Waals surface area contributed by atoms with Gasteiger partial charge in [-0.1, -0.05) is 28.0 Å². The minimum Gasteiger partial charge on any atom is -0.383 e. The summed E-state index contributed by atoms with van der Waals surface area (Å²) in [6.07, 6.45) is 3.27. The Bertz CT molecular complexity index is 936. The molecule has 0 amide bonds. The van der Waals surface area contributed by atoms with Gasteiger partial charge in [-0.2, -0.15) is 4.98 Å². The highest BCUT2D eigenvalue weighted by molar-refractivity contribution is 6.30. The van der Waals surface area contributed by atoms with Crippen molar-refractivity contribution in [2.45, 2.75) is 45.1 Å². The van der Waals surface area contributed by atoms with Crippen LogP contribution in [0.25, 0.3) is 0 Å². The molecule has 0 N–H and O–H groups in total. The number of halogens is 1. The molecule has 0 saturated heterocycles. The van der Waals surface area contributed by atoms with Crippen molar-refractivity contribution in [2.24, 2.45) is 0 Å². The summed E-state index contributed by atoms with van der Waals surface area (Å²) in [5.74, 6) is 1.60. The second-order valence-corrected chi connectivity index (χ2v) is 7.37. The molecule has 2 aromatic heterocycles. The molecule has 142 valence electrons. The maximum Gasteiger partial charge on any atom is 0.230 e. The molecule has 0 radical (unpaired) electrons. The van der Waals surface area contributed by atoms with Crippen LogP contribution in [0.2, 0.25) is 5.02 Å². The first kappa shape index (κ1) is 18.1. The molecule has 4 rings (SSSR count). The predicted octanol–water partition coefficient (Wildman–Crippen LogP) is 3.13. The van der Waals surface area contributed by atoms with Crippen LogP contribution in [0.1, 0.15) is 46.6 Å². The molecule has 8 heteroatoms. The SMILES string of the molecule is COCCn1nnc2c1CC(c1nc(Cc3ccc(Cl)cc3C)no1)CC2. The number of fused-ring (bicyclic) bond motifs is 1. The fourth-order valence-electron chi connectivity index (χ4n) is 3.53. The predicted molar refractivity (Wildman–Crippen MR) is 100.0 cm³/mol. The zero-order valence-corrected chi connectivity index (χ0v) is 16.2. The first-order chi connectivity index (χ1) is 13.1.